The highest BCUT2D eigenvalue weighted by Crippen LogP contribution is 2.62. The first kappa shape index (κ1) is 44.1. The van der Waals surface area contributed by atoms with Crippen LogP contribution >= 0.6 is 0 Å². The summed E-state index contributed by atoms with van der Waals surface area (Å²) < 4.78 is 31.8. The van der Waals surface area contributed by atoms with Gasteiger partial charge in [-0.2, -0.15) is 0 Å². The number of hydrogen-bond acceptors (Lipinski definition) is 11. The zero-order valence-corrected chi connectivity index (χ0v) is 34.7. The van der Waals surface area contributed by atoms with Crippen LogP contribution in [0.1, 0.15) is 102 Å². The minimum Gasteiger partial charge on any atom is -0.459 e. The van der Waals surface area contributed by atoms with Crippen LogP contribution in [-0.2, 0) is 25.6 Å². The van der Waals surface area contributed by atoms with Gasteiger partial charge in [-0.05, 0) is 93.0 Å². The number of rotatable bonds is 20. The van der Waals surface area contributed by atoms with E-state index in [4.69, 9.17) is 33.7 Å². The Balaban J connectivity index is 1.52. The summed E-state index contributed by atoms with van der Waals surface area (Å²) in [6, 6.07) is 14.4. The van der Waals surface area contributed by atoms with Crippen molar-refractivity contribution in [2.24, 2.45) is 22.9 Å². The highest BCUT2D eigenvalue weighted by atomic mass is 16.8. The Morgan fingerprint density at radius 1 is 1.05 bits per heavy atom. The molecule has 1 saturated carbocycles. The summed E-state index contributed by atoms with van der Waals surface area (Å²) in [6.07, 6.45) is 10.5. The SMILES string of the molecule is C=CCO[C@@]12Oc3ccc(OC(=O)NCc4ccccc4)cc3[C@H]3[C@H](CCCCO)[C@@H](CCCCO)C=C(C(=NOC4CCCCO4)C[C@@H]1N(CCC)C(=O)OCC)[C@H]32. The molecule has 2 heterocycles. The molecule has 0 bridgehead atoms. The number of allylic oxidation sites excluding steroid dienone is 1. The molecule has 7 atom stereocenters. The lowest BCUT2D eigenvalue weighted by molar-refractivity contribution is -0.255. The second kappa shape index (κ2) is 21.7. The van der Waals surface area contributed by atoms with E-state index in [1.165, 1.54) is 0 Å². The third-order valence-corrected chi connectivity index (χ3v) is 11.9. The van der Waals surface area contributed by atoms with Crippen LogP contribution in [0.4, 0.5) is 9.59 Å². The van der Waals surface area contributed by atoms with Crippen molar-refractivity contribution in [2.45, 2.75) is 115 Å². The Morgan fingerprint density at radius 3 is 2.56 bits per heavy atom. The van der Waals surface area contributed by atoms with E-state index in [0.29, 0.717) is 56.2 Å². The van der Waals surface area contributed by atoms with Gasteiger partial charge in [-0.3, -0.25) is 4.90 Å². The number of carbonyl (C=O) groups excluding carboxylic acids is 2. The van der Waals surface area contributed by atoms with Crippen molar-refractivity contribution in [1.29, 1.82) is 0 Å². The Morgan fingerprint density at radius 2 is 1.85 bits per heavy atom. The molecule has 13 nitrogen and oxygen atoms in total. The first-order chi connectivity index (χ1) is 28.9. The number of nitrogens with zero attached hydrogens (tertiary/aromatic N) is 2. The molecule has 2 aromatic carbocycles. The highest BCUT2D eigenvalue weighted by Gasteiger charge is 2.65. The van der Waals surface area contributed by atoms with E-state index >= 15 is 0 Å². The van der Waals surface area contributed by atoms with E-state index in [9.17, 15) is 19.8 Å². The van der Waals surface area contributed by atoms with Crippen molar-refractivity contribution in [2.75, 3.05) is 39.6 Å². The zero-order chi connectivity index (χ0) is 41.6. The zero-order valence-electron chi connectivity index (χ0n) is 34.7. The fraction of sp³-hybridized carbons (Fsp3) is 0.587. The molecular weight excluding hydrogens is 755 g/mol. The summed E-state index contributed by atoms with van der Waals surface area (Å²) in [4.78, 5) is 35.2. The Labute approximate surface area is 348 Å². The first-order valence-corrected chi connectivity index (χ1v) is 21.7. The summed E-state index contributed by atoms with van der Waals surface area (Å²) in [5, 5.41) is 27.5. The lowest BCUT2D eigenvalue weighted by Crippen LogP contribution is -2.70. The molecule has 2 amide bonds. The number of nitrogens with one attached hydrogen (secondary N) is 1. The van der Waals surface area contributed by atoms with E-state index in [2.05, 4.69) is 18.0 Å². The molecule has 1 unspecified atom stereocenters. The van der Waals surface area contributed by atoms with E-state index in [-0.39, 0.29) is 50.6 Å². The molecular formula is C46H63N3O10. The van der Waals surface area contributed by atoms with Gasteiger partial charge >= 0.3 is 12.2 Å². The molecule has 13 heteroatoms. The maximum atomic E-state index is 14.0. The first-order valence-electron chi connectivity index (χ1n) is 21.7. The van der Waals surface area contributed by atoms with Crippen LogP contribution in [0.2, 0.25) is 0 Å². The van der Waals surface area contributed by atoms with Crippen LogP contribution in [0, 0.1) is 17.8 Å². The van der Waals surface area contributed by atoms with Gasteiger partial charge in [-0.25, -0.2) is 9.59 Å². The summed E-state index contributed by atoms with van der Waals surface area (Å²) in [7, 11) is 0. The van der Waals surface area contributed by atoms with Crippen LogP contribution in [0.5, 0.6) is 11.5 Å². The number of carbonyl (C=O) groups is 2. The van der Waals surface area contributed by atoms with Gasteiger partial charge in [0.2, 0.25) is 12.1 Å². The molecule has 322 valence electrons. The molecule has 2 aliphatic carbocycles. The van der Waals surface area contributed by atoms with Gasteiger partial charge in [0.1, 0.15) is 17.5 Å². The Kier molecular flexibility index (Phi) is 16.2. The molecule has 6 rings (SSSR count). The van der Waals surface area contributed by atoms with E-state index in [1.807, 2.05) is 49.4 Å². The number of fused-ring (bicyclic) bond motifs is 2. The maximum Gasteiger partial charge on any atom is 0.412 e. The average Bonchev–Trinajstić information content (AvgIpc) is 3.25. The standard InChI is InChI=1S/C46H63N3O10/c1-4-23-49(45(53)54-6-3)40-30-38(48-59-41-20-12-15-27-55-41)36-28-33(18-10-13-24-50)35(19-11-14-25-51)42-37-29-34(57-44(52)47-31-32-16-8-7-9-17-32)21-22-39(37)58-46(40,43(36)42)56-26-5-2/h5,7-9,16-17,21-22,28-29,33,35,40-43,50-51H,2,4,6,10-15,18-20,23-27,30-31H2,1,3H3,(H,47,52)/t33-,35+,40-,41?,42+,43+,46+/m0/s1. The second-order valence-corrected chi connectivity index (χ2v) is 15.8. The van der Waals surface area contributed by atoms with Crippen LogP contribution in [0.25, 0.3) is 0 Å². The van der Waals surface area contributed by atoms with Gasteiger partial charge in [-0.15, -0.1) is 6.58 Å². The van der Waals surface area contributed by atoms with Crippen LogP contribution < -0.4 is 14.8 Å². The second-order valence-electron chi connectivity index (χ2n) is 15.8. The number of amides is 2. The molecule has 0 radical (unpaired) electrons. The third-order valence-electron chi connectivity index (χ3n) is 11.9. The third kappa shape index (κ3) is 10.5. The topological polar surface area (TPSA) is 158 Å². The quantitative estimate of drug-likeness (QED) is 0.0680. The molecule has 3 N–H and O–H groups in total. The number of aliphatic hydroxyl groups is 2. The minimum absolute atomic E-state index is 0.00956. The van der Waals surface area contributed by atoms with E-state index in [1.54, 1.807) is 24.0 Å². The molecule has 2 fully saturated rings. The monoisotopic (exact) mass is 817 g/mol. The lowest BCUT2D eigenvalue weighted by Gasteiger charge is -2.59. The number of oxime groups is 1. The summed E-state index contributed by atoms with van der Waals surface area (Å²) in [5.74, 6) is -1.22. The smallest absolute Gasteiger partial charge is 0.412 e. The molecule has 1 saturated heterocycles. The normalized spacial score (nSPS) is 26.4. The van der Waals surface area contributed by atoms with Crippen molar-refractivity contribution in [3.05, 3.63) is 84.0 Å². The number of aliphatic hydroxyl groups excluding tert-OH is 2. The molecule has 2 aliphatic heterocycles. The van der Waals surface area contributed by atoms with Crippen LogP contribution in [-0.4, -0.2) is 90.7 Å². The van der Waals surface area contributed by atoms with Gasteiger partial charge < -0.3 is 44.1 Å². The predicted molar refractivity (Wildman–Crippen MR) is 223 cm³/mol. The maximum absolute atomic E-state index is 14.0. The number of benzene rings is 2. The fourth-order valence-corrected chi connectivity index (χ4v) is 9.36. The summed E-state index contributed by atoms with van der Waals surface area (Å²) in [5.41, 5.74) is 3.39. The Hall–Kier alpha value is -4.43. The predicted octanol–water partition coefficient (Wildman–Crippen LogP) is 8.00. The van der Waals surface area contributed by atoms with Crippen LogP contribution in [0.15, 0.2) is 78.0 Å². The summed E-state index contributed by atoms with van der Waals surface area (Å²) in [6.45, 7) is 9.59. The minimum atomic E-state index is -1.42. The van der Waals surface area contributed by atoms with Gasteiger partial charge in [0.05, 0.1) is 31.5 Å². The summed E-state index contributed by atoms with van der Waals surface area (Å²) >= 11 is 0. The lowest BCUT2D eigenvalue weighted by atomic mass is 9.55. The molecule has 59 heavy (non-hydrogen) atoms. The fourth-order valence-electron chi connectivity index (χ4n) is 9.36. The molecule has 2 aromatic rings. The van der Waals surface area contributed by atoms with Gasteiger partial charge in [-0.1, -0.05) is 67.4 Å². The molecule has 4 aliphatic rings. The molecule has 0 aromatic heterocycles. The van der Waals surface area contributed by atoms with Gasteiger partial charge in [0, 0.05) is 50.6 Å². The van der Waals surface area contributed by atoms with Crippen molar-refractivity contribution in [3.8, 4) is 11.5 Å². The van der Waals surface area contributed by atoms with Crippen molar-refractivity contribution >= 4 is 17.9 Å². The Bertz CT molecular complexity index is 1750. The van der Waals surface area contributed by atoms with Crippen molar-refractivity contribution < 1.29 is 48.3 Å². The molecule has 0 spiro atoms. The van der Waals surface area contributed by atoms with E-state index < -0.39 is 36.2 Å². The number of hydrogen-bond donors (Lipinski definition) is 3. The van der Waals surface area contributed by atoms with Gasteiger partial charge in [0.15, 0.2) is 0 Å². The van der Waals surface area contributed by atoms with Crippen molar-refractivity contribution in [1.82, 2.24) is 10.2 Å². The van der Waals surface area contributed by atoms with Crippen molar-refractivity contribution in [3.63, 3.8) is 0 Å². The van der Waals surface area contributed by atoms with Crippen LogP contribution in [0.3, 0.4) is 0 Å². The van der Waals surface area contributed by atoms with E-state index in [0.717, 1.165) is 61.6 Å². The highest BCUT2D eigenvalue weighted by molar-refractivity contribution is 6.03. The number of unbranched alkanes of at least 4 members (excludes halogenated alkanes) is 2. The average molecular weight is 818 g/mol. The number of ether oxygens (including phenoxy) is 5. The largest absolute Gasteiger partial charge is 0.459 e. The van der Waals surface area contributed by atoms with Gasteiger partial charge in [0.25, 0.3) is 0 Å².